The van der Waals surface area contributed by atoms with Crippen LogP contribution in [0.2, 0.25) is 0 Å². The van der Waals surface area contributed by atoms with Crippen molar-refractivity contribution in [3.05, 3.63) is 58.8 Å². The number of aryl methyl sites for hydroxylation is 1. The van der Waals surface area contributed by atoms with Crippen molar-refractivity contribution in [3.8, 4) is 0 Å². The summed E-state index contributed by atoms with van der Waals surface area (Å²) in [5.41, 5.74) is 14.0. The van der Waals surface area contributed by atoms with Gasteiger partial charge in [-0.15, -0.1) is 17.5 Å². The molecule has 0 aliphatic heterocycles. The fourth-order valence-electron chi connectivity index (χ4n) is 2.90. The molecule has 0 bridgehead atoms. The first-order chi connectivity index (χ1) is 10.6. The largest absolute Gasteiger partial charge is 0.468 e. The van der Waals surface area contributed by atoms with E-state index in [1.807, 2.05) is 13.0 Å². The van der Waals surface area contributed by atoms with Crippen molar-refractivity contribution in [2.75, 3.05) is 0 Å². The molecule has 122 valence electrons. The van der Waals surface area contributed by atoms with Gasteiger partial charge in [0.1, 0.15) is 11.6 Å². The SMILES string of the molecule is Cc1coc2c1/C(=N\N=C(N)N)CC(c1ccccc1F)C2.Cl. The lowest BCUT2D eigenvalue weighted by molar-refractivity contribution is 0.473. The predicted molar refractivity (Wildman–Crippen MR) is 90.5 cm³/mol. The number of fused-ring (bicyclic) bond motifs is 1. The second kappa shape index (κ2) is 6.83. The van der Waals surface area contributed by atoms with Gasteiger partial charge in [0.15, 0.2) is 0 Å². The van der Waals surface area contributed by atoms with E-state index < -0.39 is 0 Å². The molecule has 1 aromatic carbocycles. The Morgan fingerprint density at radius 2 is 2.00 bits per heavy atom. The van der Waals surface area contributed by atoms with E-state index in [4.69, 9.17) is 15.9 Å². The minimum Gasteiger partial charge on any atom is -0.468 e. The Morgan fingerprint density at radius 1 is 1.26 bits per heavy atom. The van der Waals surface area contributed by atoms with Crippen LogP contribution in [0.3, 0.4) is 0 Å². The number of halogens is 2. The summed E-state index contributed by atoms with van der Waals surface area (Å²) in [6.45, 7) is 1.94. The second-order valence-electron chi connectivity index (χ2n) is 5.42. The summed E-state index contributed by atoms with van der Waals surface area (Å²) < 4.78 is 19.7. The van der Waals surface area contributed by atoms with Crippen molar-refractivity contribution < 1.29 is 8.81 Å². The first-order valence-electron chi connectivity index (χ1n) is 7.03. The van der Waals surface area contributed by atoms with Gasteiger partial charge in [-0.05, 0) is 36.5 Å². The summed E-state index contributed by atoms with van der Waals surface area (Å²) in [4.78, 5) is 0. The Hall–Kier alpha value is -2.34. The molecule has 2 aromatic rings. The summed E-state index contributed by atoms with van der Waals surface area (Å²) in [7, 11) is 0. The number of nitrogens with zero attached hydrogens (tertiary/aromatic N) is 2. The van der Waals surface area contributed by atoms with Crippen molar-refractivity contribution in [1.29, 1.82) is 0 Å². The molecule has 0 radical (unpaired) electrons. The molecule has 1 heterocycles. The molecule has 3 rings (SSSR count). The summed E-state index contributed by atoms with van der Waals surface area (Å²) >= 11 is 0. The quantitative estimate of drug-likeness (QED) is 0.502. The van der Waals surface area contributed by atoms with Crippen molar-refractivity contribution in [1.82, 2.24) is 0 Å². The molecule has 23 heavy (non-hydrogen) atoms. The highest BCUT2D eigenvalue weighted by molar-refractivity contribution is 6.04. The predicted octanol–water partition coefficient (Wildman–Crippen LogP) is 2.86. The van der Waals surface area contributed by atoms with E-state index in [0.717, 1.165) is 16.9 Å². The van der Waals surface area contributed by atoms with Gasteiger partial charge in [-0.1, -0.05) is 18.2 Å². The van der Waals surface area contributed by atoms with Gasteiger partial charge < -0.3 is 15.9 Å². The molecule has 1 unspecified atom stereocenters. The van der Waals surface area contributed by atoms with Gasteiger partial charge in [-0.25, -0.2) is 4.39 Å². The maximum absolute atomic E-state index is 14.1. The number of benzene rings is 1. The number of rotatable bonds is 2. The summed E-state index contributed by atoms with van der Waals surface area (Å²) in [6.07, 6.45) is 2.87. The smallest absolute Gasteiger partial charge is 0.211 e. The second-order valence-corrected chi connectivity index (χ2v) is 5.42. The third-order valence-corrected chi connectivity index (χ3v) is 3.84. The molecular weight excluding hydrogens is 319 g/mol. The first-order valence-corrected chi connectivity index (χ1v) is 7.03. The lowest BCUT2D eigenvalue weighted by Gasteiger charge is -2.23. The average Bonchev–Trinajstić information content (AvgIpc) is 2.87. The van der Waals surface area contributed by atoms with Crippen LogP contribution in [0.5, 0.6) is 0 Å². The molecule has 5 nitrogen and oxygen atoms in total. The van der Waals surface area contributed by atoms with Crippen molar-refractivity contribution in [3.63, 3.8) is 0 Å². The molecule has 0 fully saturated rings. The van der Waals surface area contributed by atoms with Gasteiger partial charge >= 0.3 is 0 Å². The maximum atomic E-state index is 14.1. The van der Waals surface area contributed by atoms with Crippen molar-refractivity contribution in [2.45, 2.75) is 25.7 Å². The molecule has 7 heteroatoms. The van der Waals surface area contributed by atoms with Gasteiger partial charge in [0.2, 0.25) is 5.96 Å². The van der Waals surface area contributed by atoms with E-state index in [9.17, 15) is 4.39 Å². The highest BCUT2D eigenvalue weighted by atomic mass is 35.5. The number of nitrogens with two attached hydrogens (primary N) is 2. The summed E-state index contributed by atoms with van der Waals surface area (Å²) in [5, 5.41) is 7.88. The highest BCUT2D eigenvalue weighted by Crippen LogP contribution is 2.36. The van der Waals surface area contributed by atoms with Gasteiger partial charge in [0.05, 0.1) is 12.0 Å². The third kappa shape index (κ3) is 3.37. The van der Waals surface area contributed by atoms with Crippen LogP contribution in [0.4, 0.5) is 4.39 Å². The monoisotopic (exact) mass is 336 g/mol. The van der Waals surface area contributed by atoms with E-state index >= 15 is 0 Å². The van der Waals surface area contributed by atoms with Crippen LogP contribution < -0.4 is 11.5 Å². The molecule has 0 spiro atoms. The molecule has 1 aliphatic rings. The minimum atomic E-state index is -0.222. The number of hydrogen-bond donors (Lipinski definition) is 2. The standard InChI is InChI=1S/C16H17FN4O.ClH/c1-9-8-22-14-7-10(11-4-2-3-5-12(11)17)6-13(15(9)14)20-21-16(18)19;/h2-5,8,10H,6-7H2,1H3,(H4,18,19,21);1H/b20-13-;. The first kappa shape index (κ1) is 17.0. The zero-order chi connectivity index (χ0) is 15.7. The molecule has 4 N–H and O–H groups in total. The topological polar surface area (TPSA) is 89.9 Å². The van der Waals surface area contributed by atoms with Crippen molar-refractivity contribution >= 4 is 24.1 Å². The van der Waals surface area contributed by atoms with Crippen LogP contribution in [0.15, 0.2) is 45.1 Å². The average molecular weight is 337 g/mol. The van der Waals surface area contributed by atoms with E-state index in [0.29, 0.717) is 24.1 Å². The molecule has 0 saturated heterocycles. The Bertz CT molecular complexity index is 765. The van der Waals surface area contributed by atoms with E-state index in [1.165, 1.54) is 6.07 Å². The van der Waals surface area contributed by atoms with Crippen molar-refractivity contribution in [2.24, 2.45) is 21.7 Å². The van der Waals surface area contributed by atoms with Crippen LogP contribution in [0.1, 0.15) is 34.8 Å². The molecule has 0 amide bonds. The third-order valence-electron chi connectivity index (χ3n) is 3.84. The van der Waals surface area contributed by atoms with Gasteiger partial charge in [0.25, 0.3) is 0 Å². The lowest BCUT2D eigenvalue weighted by atomic mass is 9.81. The fraction of sp³-hybridized carbons (Fsp3) is 0.250. The Kier molecular flexibility index (Phi) is 5.05. The number of hydrogen-bond acceptors (Lipinski definition) is 3. The molecule has 1 aromatic heterocycles. The molecule has 0 saturated carbocycles. The number of guanidine groups is 1. The maximum Gasteiger partial charge on any atom is 0.211 e. The normalized spacial score (nSPS) is 18.2. The molecular formula is C16H18ClFN4O. The number of furan rings is 1. The Balaban J connectivity index is 0.00000192. The van der Waals surface area contributed by atoms with E-state index in [1.54, 1.807) is 18.4 Å². The van der Waals surface area contributed by atoms with Crippen LogP contribution in [-0.2, 0) is 6.42 Å². The minimum absolute atomic E-state index is 0. The lowest BCUT2D eigenvalue weighted by Crippen LogP contribution is -2.23. The van der Waals surface area contributed by atoms with Crippen LogP contribution in [0, 0.1) is 12.7 Å². The van der Waals surface area contributed by atoms with Crippen LogP contribution in [0.25, 0.3) is 0 Å². The Labute approximate surface area is 139 Å². The molecule has 1 atom stereocenters. The zero-order valence-electron chi connectivity index (χ0n) is 12.6. The summed E-state index contributed by atoms with van der Waals surface area (Å²) in [5.74, 6) is 0.414. The van der Waals surface area contributed by atoms with E-state index in [-0.39, 0.29) is 30.1 Å². The Morgan fingerprint density at radius 3 is 2.70 bits per heavy atom. The molecule has 1 aliphatic carbocycles. The van der Waals surface area contributed by atoms with E-state index in [2.05, 4.69) is 10.2 Å². The summed E-state index contributed by atoms with van der Waals surface area (Å²) in [6, 6.07) is 6.76. The fourth-order valence-corrected chi connectivity index (χ4v) is 2.90. The zero-order valence-corrected chi connectivity index (χ0v) is 13.4. The van der Waals surface area contributed by atoms with Crippen LogP contribution in [-0.4, -0.2) is 11.7 Å². The van der Waals surface area contributed by atoms with Crippen LogP contribution >= 0.6 is 12.4 Å². The highest BCUT2D eigenvalue weighted by Gasteiger charge is 2.30. The van der Waals surface area contributed by atoms with Gasteiger partial charge in [-0.2, -0.15) is 5.10 Å². The van der Waals surface area contributed by atoms with Gasteiger partial charge in [0, 0.05) is 12.0 Å². The van der Waals surface area contributed by atoms with Gasteiger partial charge in [-0.3, -0.25) is 0 Å².